The molecule has 2 aliphatic rings. The second-order valence-corrected chi connectivity index (χ2v) is 6.33. The predicted molar refractivity (Wildman–Crippen MR) is 61.3 cm³/mol. The van der Waals surface area contributed by atoms with Gasteiger partial charge in [0.1, 0.15) is 0 Å². The zero-order chi connectivity index (χ0) is 10.2. The molecule has 0 radical (unpaired) electrons. The summed E-state index contributed by atoms with van der Waals surface area (Å²) < 4.78 is 0. The summed E-state index contributed by atoms with van der Waals surface area (Å²) in [5.74, 6) is 1.06. The van der Waals surface area contributed by atoms with Crippen molar-refractivity contribution in [2.75, 3.05) is 13.6 Å². The minimum atomic E-state index is 0.617. The van der Waals surface area contributed by atoms with Crippen LogP contribution in [0.5, 0.6) is 0 Å². The summed E-state index contributed by atoms with van der Waals surface area (Å²) in [6.45, 7) is 6.13. The summed E-state index contributed by atoms with van der Waals surface area (Å²) in [5, 5.41) is 3.43. The molecule has 0 aromatic heterocycles. The molecule has 14 heavy (non-hydrogen) atoms. The molecule has 2 rings (SSSR count). The van der Waals surface area contributed by atoms with E-state index in [9.17, 15) is 0 Å². The first-order valence-corrected chi connectivity index (χ1v) is 6.23. The van der Waals surface area contributed by atoms with Crippen LogP contribution in [0, 0.1) is 16.7 Å². The third kappa shape index (κ3) is 1.98. The van der Waals surface area contributed by atoms with Gasteiger partial charge in [-0.15, -0.1) is 0 Å². The van der Waals surface area contributed by atoms with Crippen molar-refractivity contribution < 1.29 is 0 Å². The Hall–Kier alpha value is -0.0400. The highest BCUT2D eigenvalue weighted by molar-refractivity contribution is 4.99. The molecule has 0 aromatic carbocycles. The average Bonchev–Trinajstić information content (AvgIpc) is 2.93. The zero-order valence-electron chi connectivity index (χ0n) is 10.0. The van der Waals surface area contributed by atoms with Crippen LogP contribution in [0.3, 0.4) is 0 Å². The first-order chi connectivity index (χ1) is 6.58. The van der Waals surface area contributed by atoms with Gasteiger partial charge in [-0.2, -0.15) is 0 Å². The Kier molecular flexibility index (Phi) is 2.63. The Labute approximate surface area is 88.7 Å². The molecule has 0 atom stereocenters. The summed E-state index contributed by atoms with van der Waals surface area (Å²) in [5.41, 5.74) is 1.30. The summed E-state index contributed by atoms with van der Waals surface area (Å²) >= 11 is 0. The molecule has 0 aromatic rings. The smallest absolute Gasteiger partial charge is 0.000747 e. The van der Waals surface area contributed by atoms with Gasteiger partial charge in [0.25, 0.3) is 0 Å². The molecule has 0 heterocycles. The minimum absolute atomic E-state index is 0.617. The third-order valence-electron chi connectivity index (χ3n) is 4.57. The van der Waals surface area contributed by atoms with E-state index in [1.807, 2.05) is 0 Å². The Morgan fingerprint density at radius 3 is 2.07 bits per heavy atom. The van der Waals surface area contributed by atoms with E-state index in [1.54, 1.807) is 0 Å². The van der Waals surface area contributed by atoms with Crippen LogP contribution in [0.4, 0.5) is 0 Å². The highest BCUT2D eigenvalue weighted by Gasteiger charge is 2.47. The lowest BCUT2D eigenvalue weighted by Gasteiger charge is -2.44. The van der Waals surface area contributed by atoms with Crippen LogP contribution >= 0.6 is 0 Å². The quantitative estimate of drug-likeness (QED) is 0.729. The van der Waals surface area contributed by atoms with Gasteiger partial charge in [0.2, 0.25) is 0 Å². The van der Waals surface area contributed by atoms with Crippen LogP contribution in [0.2, 0.25) is 0 Å². The lowest BCUT2D eigenvalue weighted by Crippen LogP contribution is -2.40. The topological polar surface area (TPSA) is 12.0 Å². The summed E-state index contributed by atoms with van der Waals surface area (Å²) in [7, 11) is 2.11. The summed E-state index contributed by atoms with van der Waals surface area (Å²) in [6.07, 6.45) is 8.80. The SMILES string of the molecule is CNCC1(C2CC2)CCC(C)(C)CC1. The predicted octanol–water partition coefficient (Wildman–Crippen LogP) is 3.20. The van der Waals surface area contributed by atoms with Crippen LogP contribution in [-0.4, -0.2) is 13.6 Å². The standard InChI is InChI=1S/C13H25N/c1-12(2)6-8-13(9-7-12,10-14-3)11-4-5-11/h11,14H,4-10H2,1-3H3. The van der Waals surface area contributed by atoms with Crippen LogP contribution < -0.4 is 5.32 Å². The second-order valence-electron chi connectivity index (χ2n) is 6.33. The van der Waals surface area contributed by atoms with E-state index < -0.39 is 0 Å². The van der Waals surface area contributed by atoms with E-state index in [-0.39, 0.29) is 0 Å². The Morgan fingerprint density at radius 2 is 1.64 bits per heavy atom. The molecule has 1 heteroatoms. The van der Waals surface area contributed by atoms with Gasteiger partial charge in [-0.05, 0) is 62.3 Å². The highest BCUT2D eigenvalue weighted by atomic mass is 14.8. The van der Waals surface area contributed by atoms with Crippen LogP contribution in [-0.2, 0) is 0 Å². The molecule has 0 bridgehead atoms. The van der Waals surface area contributed by atoms with Crippen LogP contribution in [0.1, 0.15) is 52.4 Å². The first kappa shape index (κ1) is 10.5. The maximum atomic E-state index is 3.43. The van der Waals surface area contributed by atoms with Gasteiger partial charge >= 0.3 is 0 Å². The average molecular weight is 195 g/mol. The highest BCUT2D eigenvalue weighted by Crippen LogP contribution is 2.56. The molecule has 0 saturated heterocycles. The fourth-order valence-electron chi connectivity index (χ4n) is 3.20. The molecule has 2 fully saturated rings. The van der Waals surface area contributed by atoms with Crippen molar-refractivity contribution in [1.82, 2.24) is 5.32 Å². The second kappa shape index (κ2) is 3.52. The molecule has 82 valence electrons. The molecular formula is C13H25N. The Balaban J connectivity index is 2.00. The molecule has 1 nitrogen and oxygen atoms in total. The molecule has 2 saturated carbocycles. The van der Waals surface area contributed by atoms with Crippen molar-refractivity contribution in [3.63, 3.8) is 0 Å². The van der Waals surface area contributed by atoms with Gasteiger partial charge in [0.15, 0.2) is 0 Å². The van der Waals surface area contributed by atoms with Crippen molar-refractivity contribution in [3.8, 4) is 0 Å². The van der Waals surface area contributed by atoms with E-state index in [4.69, 9.17) is 0 Å². The van der Waals surface area contributed by atoms with Crippen molar-refractivity contribution in [3.05, 3.63) is 0 Å². The lowest BCUT2D eigenvalue weighted by atomic mass is 9.63. The maximum absolute atomic E-state index is 3.43. The lowest BCUT2D eigenvalue weighted by molar-refractivity contribution is 0.0809. The summed E-state index contributed by atoms with van der Waals surface area (Å²) in [6, 6.07) is 0. The van der Waals surface area contributed by atoms with E-state index in [1.165, 1.54) is 45.1 Å². The van der Waals surface area contributed by atoms with Gasteiger partial charge in [-0.3, -0.25) is 0 Å². The molecule has 0 amide bonds. The van der Waals surface area contributed by atoms with Crippen molar-refractivity contribution in [2.24, 2.45) is 16.7 Å². The van der Waals surface area contributed by atoms with E-state index in [2.05, 4.69) is 26.2 Å². The fourth-order valence-corrected chi connectivity index (χ4v) is 3.20. The largest absolute Gasteiger partial charge is 0.319 e. The molecule has 0 unspecified atom stereocenters. The van der Waals surface area contributed by atoms with Gasteiger partial charge < -0.3 is 5.32 Å². The molecule has 0 spiro atoms. The van der Waals surface area contributed by atoms with Crippen molar-refractivity contribution >= 4 is 0 Å². The van der Waals surface area contributed by atoms with Gasteiger partial charge in [0, 0.05) is 6.54 Å². The van der Waals surface area contributed by atoms with Crippen LogP contribution in [0.15, 0.2) is 0 Å². The maximum Gasteiger partial charge on any atom is 0.000747 e. The number of nitrogens with one attached hydrogen (secondary N) is 1. The number of hydrogen-bond acceptors (Lipinski definition) is 1. The molecular weight excluding hydrogens is 170 g/mol. The van der Waals surface area contributed by atoms with Gasteiger partial charge in [-0.1, -0.05) is 13.8 Å². The molecule has 1 N–H and O–H groups in total. The van der Waals surface area contributed by atoms with Crippen LogP contribution in [0.25, 0.3) is 0 Å². The van der Waals surface area contributed by atoms with Crippen molar-refractivity contribution in [2.45, 2.75) is 52.4 Å². The first-order valence-electron chi connectivity index (χ1n) is 6.23. The van der Waals surface area contributed by atoms with Crippen molar-refractivity contribution in [1.29, 1.82) is 0 Å². The third-order valence-corrected chi connectivity index (χ3v) is 4.57. The normalized spacial score (nSPS) is 30.2. The Morgan fingerprint density at radius 1 is 1.07 bits per heavy atom. The zero-order valence-corrected chi connectivity index (χ0v) is 10.0. The van der Waals surface area contributed by atoms with E-state index in [0.29, 0.717) is 10.8 Å². The molecule has 2 aliphatic carbocycles. The van der Waals surface area contributed by atoms with Gasteiger partial charge in [-0.25, -0.2) is 0 Å². The Bertz CT molecular complexity index is 193. The monoisotopic (exact) mass is 195 g/mol. The number of hydrogen-bond donors (Lipinski definition) is 1. The van der Waals surface area contributed by atoms with E-state index in [0.717, 1.165) is 5.92 Å². The summed E-state index contributed by atoms with van der Waals surface area (Å²) in [4.78, 5) is 0. The fraction of sp³-hybridized carbons (Fsp3) is 1.00. The van der Waals surface area contributed by atoms with Gasteiger partial charge in [0.05, 0.1) is 0 Å². The minimum Gasteiger partial charge on any atom is -0.319 e. The molecule has 0 aliphatic heterocycles. The number of rotatable bonds is 3. The van der Waals surface area contributed by atoms with E-state index >= 15 is 0 Å².